The number of anilines is 3. The molecule has 5 rings (SSSR count). The van der Waals surface area contributed by atoms with Crippen LogP contribution in [-0.4, -0.2) is 51.0 Å². The van der Waals surface area contributed by atoms with Crippen molar-refractivity contribution in [2.24, 2.45) is 0 Å². The molecule has 0 spiro atoms. The van der Waals surface area contributed by atoms with Crippen LogP contribution < -0.4 is 10.2 Å². The molecule has 0 saturated carbocycles. The van der Waals surface area contributed by atoms with Gasteiger partial charge >= 0.3 is 0 Å². The van der Waals surface area contributed by atoms with E-state index >= 15 is 0 Å². The minimum absolute atomic E-state index is 0.564. The van der Waals surface area contributed by atoms with Crippen molar-refractivity contribution in [1.82, 2.24) is 24.8 Å². The maximum Gasteiger partial charge on any atom is 0.230 e. The molecule has 7 nitrogen and oxygen atoms in total. The minimum atomic E-state index is 0.564. The fraction of sp³-hybridized carbons (Fsp3) is 0.292. The number of hydrogen-bond donors (Lipinski definition) is 2. The van der Waals surface area contributed by atoms with E-state index < -0.39 is 0 Å². The van der Waals surface area contributed by atoms with Crippen molar-refractivity contribution >= 4 is 28.5 Å². The number of hydrogen-bond acceptors (Lipinski definition) is 6. The molecule has 0 radical (unpaired) electrons. The summed E-state index contributed by atoms with van der Waals surface area (Å²) >= 11 is 0. The van der Waals surface area contributed by atoms with Crippen molar-refractivity contribution in [2.75, 3.05) is 36.4 Å². The first-order valence-electron chi connectivity index (χ1n) is 10.7. The van der Waals surface area contributed by atoms with Gasteiger partial charge < -0.3 is 15.2 Å². The summed E-state index contributed by atoms with van der Waals surface area (Å²) in [4.78, 5) is 22.0. The topological polar surface area (TPSA) is 73.0 Å². The molecule has 4 heterocycles. The third-order valence-electron chi connectivity index (χ3n) is 5.89. The second-order valence-corrected chi connectivity index (χ2v) is 8.07. The molecule has 0 bridgehead atoms. The van der Waals surface area contributed by atoms with Gasteiger partial charge in [0.15, 0.2) is 5.82 Å². The number of pyridine rings is 1. The second kappa shape index (κ2) is 8.35. The Hall–Kier alpha value is -3.45. The van der Waals surface area contributed by atoms with Gasteiger partial charge in [0.1, 0.15) is 5.65 Å². The number of nitrogens with one attached hydrogen (secondary N) is 2. The van der Waals surface area contributed by atoms with Crippen LogP contribution in [0.1, 0.15) is 16.8 Å². The van der Waals surface area contributed by atoms with Crippen LogP contribution in [0.4, 0.5) is 17.5 Å². The van der Waals surface area contributed by atoms with Crippen molar-refractivity contribution in [3.8, 4) is 0 Å². The molecule has 31 heavy (non-hydrogen) atoms. The zero-order valence-corrected chi connectivity index (χ0v) is 18.0. The van der Waals surface area contributed by atoms with Crippen LogP contribution in [0, 0.1) is 13.8 Å². The standard InChI is InChI=1S/C24H27N7/c1-17-15-26-23-21(17)18(2)27-24(29-23)28-22-20(9-6-10-25-22)31-13-11-30(12-14-31)16-19-7-4-3-5-8-19/h3-10,15H,11-14,16H2,1-2H3,(H2,25,26,27,28,29). The van der Waals surface area contributed by atoms with E-state index in [1.165, 1.54) is 5.56 Å². The van der Waals surface area contributed by atoms with Crippen LogP contribution in [0.25, 0.3) is 11.0 Å². The lowest BCUT2D eigenvalue weighted by molar-refractivity contribution is 0.250. The fourth-order valence-corrected chi connectivity index (χ4v) is 4.30. The van der Waals surface area contributed by atoms with E-state index in [4.69, 9.17) is 0 Å². The van der Waals surface area contributed by atoms with Crippen LogP contribution in [0.2, 0.25) is 0 Å². The molecule has 158 valence electrons. The summed E-state index contributed by atoms with van der Waals surface area (Å²) in [6, 6.07) is 14.8. The Kier molecular flexibility index (Phi) is 5.26. The molecule has 1 fully saturated rings. The highest BCUT2D eigenvalue weighted by atomic mass is 15.3. The summed E-state index contributed by atoms with van der Waals surface area (Å²) in [5.74, 6) is 1.36. The maximum absolute atomic E-state index is 4.67. The van der Waals surface area contributed by atoms with Crippen LogP contribution in [0.5, 0.6) is 0 Å². The number of aromatic amines is 1. The Balaban J connectivity index is 1.31. The average Bonchev–Trinajstić information content (AvgIpc) is 3.17. The molecule has 0 amide bonds. The Labute approximate surface area is 182 Å². The maximum atomic E-state index is 4.67. The molecule has 7 heteroatoms. The number of aromatic nitrogens is 4. The van der Waals surface area contributed by atoms with Gasteiger partial charge in [-0.25, -0.2) is 9.97 Å². The van der Waals surface area contributed by atoms with Crippen LogP contribution >= 0.6 is 0 Å². The number of rotatable bonds is 5. The van der Waals surface area contributed by atoms with Crippen LogP contribution in [0.15, 0.2) is 54.9 Å². The zero-order chi connectivity index (χ0) is 21.2. The molecular formula is C24H27N7. The first-order chi connectivity index (χ1) is 15.2. The summed E-state index contributed by atoms with van der Waals surface area (Å²) in [7, 11) is 0. The van der Waals surface area contributed by atoms with Gasteiger partial charge in [0.05, 0.1) is 11.4 Å². The van der Waals surface area contributed by atoms with Crippen molar-refractivity contribution in [3.05, 3.63) is 71.7 Å². The van der Waals surface area contributed by atoms with Crippen molar-refractivity contribution in [2.45, 2.75) is 20.4 Å². The highest BCUT2D eigenvalue weighted by Gasteiger charge is 2.20. The van der Waals surface area contributed by atoms with E-state index in [0.29, 0.717) is 5.95 Å². The highest BCUT2D eigenvalue weighted by Crippen LogP contribution is 2.28. The molecule has 0 atom stereocenters. The molecule has 4 aromatic rings. The Morgan fingerprint density at radius 1 is 0.968 bits per heavy atom. The molecule has 0 unspecified atom stereocenters. The Bertz CT molecular complexity index is 1180. The first-order valence-corrected chi connectivity index (χ1v) is 10.7. The molecule has 2 N–H and O–H groups in total. The van der Waals surface area contributed by atoms with Crippen molar-refractivity contribution in [1.29, 1.82) is 0 Å². The largest absolute Gasteiger partial charge is 0.366 e. The minimum Gasteiger partial charge on any atom is -0.366 e. The third-order valence-corrected chi connectivity index (χ3v) is 5.89. The van der Waals surface area contributed by atoms with E-state index in [-0.39, 0.29) is 0 Å². The first kappa shape index (κ1) is 19.5. The van der Waals surface area contributed by atoms with Crippen LogP contribution in [-0.2, 0) is 6.54 Å². The van der Waals surface area contributed by atoms with E-state index in [2.05, 4.69) is 78.4 Å². The molecule has 0 aliphatic carbocycles. The van der Waals surface area contributed by atoms with E-state index in [1.807, 2.05) is 25.4 Å². The van der Waals surface area contributed by atoms with E-state index in [0.717, 1.165) is 66.5 Å². The number of aryl methyl sites for hydroxylation is 2. The lowest BCUT2D eigenvalue weighted by Gasteiger charge is -2.36. The van der Waals surface area contributed by atoms with Gasteiger partial charge in [0, 0.05) is 50.5 Å². The van der Waals surface area contributed by atoms with Gasteiger partial charge in [-0.05, 0) is 37.1 Å². The van der Waals surface area contributed by atoms with Gasteiger partial charge in [-0.15, -0.1) is 0 Å². The molecular weight excluding hydrogens is 386 g/mol. The van der Waals surface area contributed by atoms with Gasteiger partial charge in [-0.2, -0.15) is 4.98 Å². The third kappa shape index (κ3) is 4.09. The van der Waals surface area contributed by atoms with Gasteiger partial charge in [-0.3, -0.25) is 4.90 Å². The molecule has 1 aliphatic heterocycles. The van der Waals surface area contributed by atoms with E-state index in [1.54, 1.807) is 0 Å². The monoisotopic (exact) mass is 413 g/mol. The number of nitrogens with zero attached hydrogens (tertiary/aromatic N) is 5. The highest BCUT2D eigenvalue weighted by molar-refractivity contribution is 5.83. The summed E-state index contributed by atoms with van der Waals surface area (Å²) in [6.45, 7) is 9.04. The van der Waals surface area contributed by atoms with Crippen molar-refractivity contribution < 1.29 is 0 Å². The molecule has 3 aromatic heterocycles. The number of H-pyrrole nitrogens is 1. The SMILES string of the molecule is Cc1c[nH]c2nc(Nc3ncccc3N3CCN(Cc4ccccc4)CC3)nc(C)c12. The molecule has 1 aliphatic rings. The molecule has 1 aromatic carbocycles. The quantitative estimate of drug-likeness (QED) is 0.515. The summed E-state index contributed by atoms with van der Waals surface area (Å²) in [5.41, 5.74) is 5.41. The Morgan fingerprint density at radius 3 is 2.58 bits per heavy atom. The zero-order valence-electron chi connectivity index (χ0n) is 18.0. The normalized spacial score (nSPS) is 14.8. The predicted molar refractivity (Wildman–Crippen MR) is 125 cm³/mol. The predicted octanol–water partition coefficient (Wildman–Crippen LogP) is 4.04. The van der Waals surface area contributed by atoms with E-state index in [9.17, 15) is 0 Å². The van der Waals surface area contributed by atoms with Gasteiger partial charge in [0.2, 0.25) is 5.95 Å². The number of piperazine rings is 1. The van der Waals surface area contributed by atoms with Gasteiger partial charge in [0.25, 0.3) is 0 Å². The lowest BCUT2D eigenvalue weighted by Crippen LogP contribution is -2.46. The van der Waals surface area contributed by atoms with Crippen LogP contribution in [0.3, 0.4) is 0 Å². The fourth-order valence-electron chi connectivity index (χ4n) is 4.30. The summed E-state index contributed by atoms with van der Waals surface area (Å²) < 4.78 is 0. The van der Waals surface area contributed by atoms with Gasteiger partial charge in [-0.1, -0.05) is 30.3 Å². The number of benzene rings is 1. The Morgan fingerprint density at radius 2 is 1.77 bits per heavy atom. The lowest BCUT2D eigenvalue weighted by atomic mass is 10.2. The van der Waals surface area contributed by atoms with Crippen molar-refractivity contribution in [3.63, 3.8) is 0 Å². The average molecular weight is 414 g/mol. The second-order valence-electron chi connectivity index (χ2n) is 8.07. The summed E-state index contributed by atoms with van der Waals surface area (Å²) in [5, 5.41) is 4.44. The number of fused-ring (bicyclic) bond motifs is 1. The smallest absolute Gasteiger partial charge is 0.230 e. The molecule has 1 saturated heterocycles. The summed E-state index contributed by atoms with van der Waals surface area (Å²) in [6.07, 6.45) is 3.78.